The largest absolute Gasteiger partial charge is 0.481 e. The van der Waals surface area contributed by atoms with Gasteiger partial charge in [0.2, 0.25) is 0 Å². The highest BCUT2D eigenvalue weighted by Gasteiger charge is 2.31. The van der Waals surface area contributed by atoms with Crippen molar-refractivity contribution in [3.63, 3.8) is 0 Å². The van der Waals surface area contributed by atoms with Crippen molar-refractivity contribution < 1.29 is 14.3 Å². The molecule has 0 spiro atoms. The lowest BCUT2D eigenvalue weighted by molar-refractivity contribution is -0.141. The minimum Gasteiger partial charge on any atom is -0.481 e. The topological polar surface area (TPSA) is 63.3 Å². The predicted molar refractivity (Wildman–Crippen MR) is 65.1 cm³/mol. The van der Waals surface area contributed by atoms with Crippen LogP contribution in [-0.4, -0.2) is 21.3 Å². The molecule has 0 aromatic carbocycles. The number of aromatic nitrogens is 1. The van der Waals surface area contributed by atoms with Crippen LogP contribution in [0.5, 0.6) is 0 Å². The predicted octanol–water partition coefficient (Wildman–Crippen LogP) is 3.11. The van der Waals surface area contributed by atoms with Gasteiger partial charge in [-0.2, -0.15) is 0 Å². The molecule has 5 heteroatoms. The van der Waals surface area contributed by atoms with Crippen molar-refractivity contribution in [2.24, 2.45) is 5.92 Å². The molecule has 1 fully saturated rings. The number of carbonyl (C=O) groups is 1. The van der Waals surface area contributed by atoms with E-state index >= 15 is 0 Å². The molecule has 1 aromatic heterocycles. The van der Waals surface area contributed by atoms with E-state index in [1.165, 1.54) is 11.8 Å². The number of aryl methyl sites for hydroxylation is 1. The smallest absolute Gasteiger partial charge is 0.307 e. The first-order valence-electron chi connectivity index (χ1n) is 5.98. The Kier molecular flexibility index (Phi) is 4.10. The molecular weight excluding hydrogens is 238 g/mol. The number of nitrogens with zero attached hydrogens (tertiary/aromatic N) is 1. The highest BCUT2D eigenvalue weighted by Crippen LogP contribution is 2.36. The molecule has 1 aliphatic rings. The van der Waals surface area contributed by atoms with Crippen molar-refractivity contribution in [2.75, 3.05) is 0 Å². The SMILES string of the molecule is Cc1coc(SC2CCCCCC2C(=O)O)n1. The van der Waals surface area contributed by atoms with Gasteiger partial charge in [0.05, 0.1) is 11.6 Å². The van der Waals surface area contributed by atoms with Gasteiger partial charge in [-0.1, -0.05) is 31.0 Å². The first-order valence-corrected chi connectivity index (χ1v) is 6.86. The molecule has 2 unspecified atom stereocenters. The van der Waals surface area contributed by atoms with E-state index in [1.807, 2.05) is 6.92 Å². The van der Waals surface area contributed by atoms with Crippen molar-refractivity contribution in [1.29, 1.82) is 0 Å². The summed E-state index contributed by atoms with van der Waals surface area (Å²) in [5, 5.41) is 9.94. The average Bonchev–Trinajstić information content (AvgIpc) is 2.55. The van der Waals surface area contributed by atoms with Gasteiger partial charge in [-0.3, -0.25) is 4.79 Å². The fourth-order valence-corrected chi connectivity index (χ4v) is 3.47. The van der Waals surface area contributed by atoms with Crippen LogP contribution in [0, 0.1) is 12.8 Å². The van der Waals surface area contributed by atoms with E-state index in [0.717, 1.165) is 37.8 Å². The van der Waals surface area contributed by atoms with Crippen LogP contribution < -0.4 is 0 Å². The molecule has 0 radical (unpaired) electrons. The molecule has 1 aromatic rings. The van der Waals surface area contributed by atoms with Crippen LogP contribution in [0.4, 0.5) is 0 Å². The Balaban J connectivity index is 2.07. The van der Waals surface area contributed by atoms with Gasteiger partial charge >= 0.3 is 5.97 Å². The zero-order chi connectivity index (χ0) is 12.3. The highest BCUT2D eigenvalue weighted by atomic mass is 32.2. The van der Waals surface area contributed by atoms with Crippen LogP contribution in [0.15, 0.2) is 15.9 Å². The van der Waals surface area contributed by atoms with Crippen molar-refractivity contribution in [3.05, 3.63) is 12.0 Å². The molecule has 17 heavy (non-hydrogen) atoms. The third-order valence-corrected chi connectivity index (χ3v) is 4.38. The summed E-state index contributed by atoms with van der Waals surface area (Å²) in [5.41, 5.74) is 0.841. The standard InChI is InChI=1S/C12H17NO3S/c1-8-7-16-12(13-8)17-10-6-4-2-3-5-9(10)11(14)15/h7,9-10H,2-6H2,1H3,(H,14,15). The van der Waals surface area contributed by atoms with Gasteiger partial charge in [0.15, 0.2) is 0 Å². The van der Waals surface area contributed by atoms with E-state index in [1.54, 1.807) is 6.26 Å². The fourth-order valence-electron chi connectivity index (χ4n) is 2.21. The Morgan fingerprint density at radius 2 is 2.24 bits per heavy atom. The van der Waals surface area contributed by atoms with Gasteiger partial charge in [-0.15, -0.1) is 0 Å². The minimum atomic E-state index is -0.687. The molecule has 2 rings (SSSR count). The molecule has 2 atom stereocenters. The lowest BCUT2D eigenvalue weighted by Crippen LogP contribution is -2.24. The highest BCUT2D eigenvalue weighted by molar-refractivity contribution is 7.99. The van der Waals surface area contributed by atoms with Crippen molar-refractivity contribution in [1.82, 2.24) is 4.98 Å². The number of oxazole rings is 1. The number of carboxylic acids is 1. The lowest BCUT2D eigenvalue weighted by atomic mass is 10.0. The second-order valence-electron chi connectivity index (χ2n) is 4.49. The summed E-state index contributed by atoms with van der Waals surface area (Å²) in [6.45, 7) is 1.87. The van der Waals surface area contributed by atoms with Crippen LogP contribution in [0.3, 0.4) is 0 Å². The maximum atomic E-state index is 11.2. The lowest BCUT2D eigenvalue weighted by Gasteiger charge is -2.18. The molecule has 0 aliphatic heterocycles. The summed E-state index contributed by atoms with van der Waals surface area (Å²) < 4.78 is 5.29. The van der Waals surface area contributed by atoms with Crippen molar-refractivity contribution >= 4 is 17.7 Å². The van der Waals surface area contributed by atoms with Crippen LogP contribution in [0.2, 0.25) is 0 Å². The summed E-state index contributed by atoms with van der Waals surface area (Å²) in [7, 11) is 0. The van der Waals surface area contributed by atoms with E-state index in [2.05, 4.69) is 4.98 Å². The van der Waals surface area contributed by atoms with Crippen LogP contribution in [0.1, 0.15) is 37.8 Å². The summed E-state index contributed by atoms with van der Waals surface area (Å²) in [6.07, 6.45) is 6.55. The van der Waals surface area contributed by atoms with Gasteiger partial charge in [0.25, 0.3) is 5.22 Å². The summed E-state index contributed by atoms with van der Waals surface area (Å²) >= 11 is 1.48. The molecule has 0 bridgehead atoms. The quantitative estimate of drug-likeness (QED) is 0.841. The van der Waals surface area contributed by atoms with Crippen LogP contribution >= 0.6 is 11.8 Å². The Bertz CT molecular complexity index is 391. The Labute approximate surface area is 105 Å². The maximum Gasteiger partial charge on any atom is 0.307 e. The minimum absolute atomic E-state index is 0.0908. The van der Waals surface area contributed by atoms with Gasteiger partial charge in [-0.05, 0) is 19.8 Å². The first-order chi connectivity index (χ1) is 8.16. The molecule has 1 aliphatic carbocycles. The molecule has 0 saturated heterocycles. The van der Waals surface area contributed by atoms with E-state index in [0.29, 0.717) is 5.22 Å². The van der Waals surface area contributed by atoms with E-state index in [-0.39, 0.29) is 11.2 Å². The van der Waals surface area contributed by atoms with Crippen molar-refractivity contribution in [2.45, 2.75) is 49.5 Å². The third kappa shape index (κ3) is 3.25. The van der Waals surface area contributed by atoms with E-state index in [9.17, 15) is 9.90 Å². The zero-order valence-corrected chi connectivity index (χ0v) is 10.7. The Morgan fingerprint density at radius 1 is 1.47 bits per heavy atom. The van der Waals surface area contributed by atoms with Crippen LogP contribution in [-0.2, 0) is 4.79 Å². The fraction of sp³-hybridized carbons (Fsp3) is 0.667. The number of rotatable bonds is 3. The van der Waals surface area contributed by atoms with Gasteiger partial charge < -0.3 is 9.52 Å². The number of thioether (sulfide) groups is 1. The van der Waals surface area contributed by atoms with Gasteiger partial charge in [-0.25, -0.2) is 4.98 Å². The number of aliphatic carboxylic acids is 1. The molecule has 94 valence electrons. The zero-order valence-electron chi connectivity index (χ0n) is 9.89. The summed E-state index contributed by atoms with van der Waals surface area (Å²) in [4.78, 5) is 15.5. The molecule has 1 saturated carbocycles. The second-order valence-corrected chi connectivity index (χ2v) is 5.68. The molecule has 1 heterocycles. The molecular formula is C12H17NO3S. The third-order valence-electron chi connectivity index (χ3n) is 3.12. The first kappa shape index (κ1) is 12.5. The van der Waals surface area contributed by atoms with Gasteiger partial charge in [0.1, 0.15) is 6.26 Å². The monoisotopic (exact) mass is 255 g/mol. The normalized spacial score (nSPS) is 25.5. The molecule has 0 amide bonds. The van der Waals surface area contributed by atoms with Crippen LogP contribution in [0.25, 0.3) is 0 Å². The molecule has 4 nitrogen and oxygen atoms in total. The Morgan fingerprint density at radius 3 is 2.88 bits per heavy atom. The summed E-state index contributed by atoms with van der Waals surface area (Å²) in [6, 6.07) is 0. The van der Waals surface area contributed by atoms with Gasteiger partial charge in [0, 0.05) is 5.25 Å². The van der Waals surface area contributed by atoms with E-state index < -0.39 is 5.97 Å². The number of hydrogen-bond donors (Lipinski definition) is 1. The van der Waals surface area contributed by atoms with Crippen molar-refractivity contribution in [3.8, 4) is 0 Å². The average molecular weight is 255 g/mol. The molecule has 1 N–H and O–H groups in total. The maximum absolute atomic E-state index is 11.2. The number of hydrogen-bond acceptors (Lipinski definition) is 4. The number of carboxylic acid groups (broad SMARTS) is 1. The second kappa shape index (κ2) is 5.58. The van der Waals surface area contributed by atoms with E-state index in [4.69, 9.17) is 4.42 Å². The summed E-state index contributed by atoms with van der Waals surface area (Å²) in [5.74, 6) is -0.956. The Hall–Kier alpha value is -0.970.